The summed E-state index contributed by atoms with van der Waals surface area (Å²) in [5, 5.41) is 17.3. The van der Waals surface area contributed by atoms with Crippen LogP contribution in [0.2, 0.25) is 0 Å². The highest BCUT2D eigenvalue weighted by atomic mass is 32.1. The number of rotatable bonds is 3. The Labute approximate surface area is 84.2 Å². The zero-order valence-electron chi connectivity index (χ0n) is 7.23. The minimum absolute atomic E-state index is 0.0155. The number of carboxylic acid groups (broad SMARTS) is 1. The quantitative estimate of drug-likeness (QED) is 0.807. The summed E-state index contributed by atoms with van der Waals surface area (Å²) < 4.78 is 0. The number of thiophene rings is 1. The molecule has 0 amide bonds. The Morgan fingerprint density at radius 2 is 2.50 bits per heavy atom. The van der Waals surface area contributed by atoms with Gasteiger partial charge in [-0.25, -0.2) is 0 Å². The van der Waals surface area contributed by atoms with E-state index in [0.717, 1.165) is 10.6 Å². The Hall–Kier alpha value is -1.62. The molecule has 0 aliphatic heterocycles. The summed E-state index contributed by atoms with van der Waals surface area (Å²) in [6.45, 7) is 0. The minimum atomic E-state index is -0.855. The molecule has 0 fully saturated rings. The highest BCUT2D eigenvalue weighted by Gasteiger charge is 2.06. The molecule has 0 saturated heterocycles. The van der Waals surface area contributed by atoms with Crippen LogP contribution in [0.1, 0.15) is 5.69 Å². The van der Waals surface area contributed by atoms with Crippen molar-refractivity contribution in [3.8, 4) is 10.6 Å². The lowest BCUT2D eigenvalue weighted by Gasteiger charge is -1.86. The van der Waals surface area contributed by atoms with Crippen LogP contribution in [-0.4, -0.2) is 21.3 Å². The maximum absolute atomic E-state index is 10.4. The molecule has 0 aliphatic carbocycles. The molecule has 0 bridgehead atoms. The van der Waals surface area contributed by atoms with Crippen LogP contribution in [0.15, 0.2) is 23.6 Å². The molecule has 4 nitrogen and oxygen atoms in total. The van der Waals surface area contributed by atoms with Crippen molar-refractivity contribution < 1.29 is 9.90 Å². The van der Waals surface area contributed by atoms with Crippen LogP contribution < -0.4 is 0 Å². The Kier molecular flexibility index (Phi) is 2.32. The molecule has 5 heteroatoms. The molecular formula is C9H8N2O2S. The molecule has 0 radical (unpaired) electrons. The first-order chi connectivity index (χ1) is 6.75. The van der Waals surface area contributed by atoms with E-state index in [2.05, 4.69) is 10.2 Å². The predicted octanol–water partition coefficient (Wildman–Crippen LogP) is 1.77. The summed E-state index contributed by atoms with van der Waals surface area (Å²) in [4.78, 5) is 11.5. The number of nitrogens with zero attached hydrogens (tertiary/aromatic N) is 1. The molecule has 0 aliphatic rings. The van der Waals surface area contributed by atoms with E-state index in [1.807, 2.05) is 17.5 Å². The van der Waals surface area contributed by atoms with Gasteiger partial charge in [0.1, 0.15) is 5.69 Å². The zero-order valence-corrected chi connectivity index (χ0v) is 8.04. The van der Waals surface area contributed by atoms with Crippen molar-refractivity contribution >= 4 is 17.3 Å². The number of aliphatic carboxylic acids is 1. The van der Waals surface area contributed by atoms with Gasteiger partial charge in [-0.1, -0.05) is 6.07 Å². The van der Waals surface area contributed by atoms with E-state index in [1.54, 1.807) is 17.4 Å². The maximum atomic E-state index is 10.4. The maximum Gasteiger partial charge on any atom is 0.309 e. The molecule has 2 heterocycles. The van der Waals surface area contributed by atoms with E-state index in [-0.39, 0.29) is 6.42 Å². The van der Waals surface area contributed by atoms with E-state index in [1.165, 1.54) is 0 Å². The highest BCUT2D eigenvalue weighted by Crippen LogP contribution is 2.22. The monoisotopic (exact) mass is 208 g/mol. The summed E-state index contributed by atoms with van der Waals surface area (Å²) in [7, 11) is 0. The van der Waals surface area contributed by atoms with Gasteiger partial charge in [0.05, 0.1) is 11.3 Å². The van der Waals surface area contributed by atoms with Gasteiger partial charge in [-0.2, -0.15) is 5.10 Å². The zero-order chi connectivity index (χ0) is 9.97. The fraction of sp³-hybridized carbons (Fsp3) is 0.111. The van der Waals surface area contributed by atoms with Crippen molar-refractivity contribution in [2.24, 2.45) is 0 Å². The lowest BCUT2D eigenvalue weighted by atomic mass is 10.2. The van der Waals surface area contributed by atoms with Crippen LogP contribution in [0.4, 0.5) is 0 Å². The Morgan fingerprint density at radius 3 is 3.14 bits per heavy atom. The number of nitrogens with one attached hydrogen (secondary N) is 1. The second-order valence-electron chi connectivity index (χ2n) is 2.83. The standard InChI is InChI=1S/C9H8N2O2S/c12-9(13)5-6-4-7(11-10-6)8-2-1-3-14-8/h1-4H,5H2,(H,10,11)(H,12,13). The third-order valence-electron chi connectivity index (χ3n) is 1.75. The van der Waals surface area contributed by atoms with Gasteiger partial charge in [0, 0.05) is 5.69 Å². The lowest BCUT2D eigenvalue weighted by Crippen LogP contribution is -1.99. The molecule has 72 valence electrons. The second kappa shape index (κ2) is 3.63. The Morgan fingerprint density at radius 1 is 1.64 bits per heavy atom. The van der Waals surface area contributed by atoms with Gasteiger partial charge in [-0.15, -0.1) is 11.3 Å². The Bertz CT molecular complexity index is 433. The largest absolute Gasteiger partial charge is 0.481 e. The number of aromatic nitrogens is 2. The topological polar surface area (TPSA) is 66.0 Å². The predicted molar refractivity (Wildman–Crippen MR) is 53.2 cm³/mol. The SMILES string of the molecule is O=C(O)Cc1cc(-c2cccs2)n[nH]1. The van der Waals surface area contributed by atoms with Gasteiger partial charge in [-0.3, -0.25) is 9.89 Å². The Balaban J connectivity index is 2.22. The van der Waals surface area contributed by atoms with Crippen LogP contribution >= 0.6 is 11.3 Å². The molecule has 0 atom stereocenters. The summed E-state index contributed by atoms with van der Waals surface area (Å²) in [5.41, 5.74) is 1.43. The first-order valence-electron chi connectivity index (χ1n) is 4.05. The van der Waals surface area contributed by atoms with E-state index in [9.17, 15) is 4.79 Å². The number of H-pyrrole nitrogens is 1. The average molecular weight is 208 g/mol. The fourth-order valence-corrected chi connectivity index (χ4v) is 1.85. The van der Waals surface area contributed by atoms with Crippen LogP contribution in [0.25, 0.3) is 10.6 Å². The summed E-state index contributed by atoms with van der Waals surface area (Å²) in [6, 6.07) is 5.65. The third-order valence-corrected chi connectivity index (χ3v) is 2.64. The van der Waals surface area contributed by atoms with Gasteiger partial charge in [-0.05, 0) is 17.5 Å². The third kappa shape index (κ3) is 1.82. The lowest BCUT2D eigenvalue weighted by molar-refractivity contribution is -0.136. The smallest absolute Gasteiger partial charge is 0.309 e. The first-order valence-corrected chi connectivity index (χ1v) is 4.93. The second-order valence-corrected chi connectivity index (χ2v) is 3.77. The van der Waals surface area contributed by atoms with E-state index >= 15 is 0 Å². The van der Waals surface area contributed by atoms with Gasteiger partial charge in [0.2, 0.25) is 0 Å². The molecule has 2 N–H and O–H groups in total. The van der Waals surface area contributed by atoms with Crippen molar-refractivity contribution in [2.75, 3.05) is 0 Å². The number of hydrogen-bond donors (Lipinski definition) is 2. The van der Waals surface area contributed by atoms with E-state index < -0.39 is 5.97 Å². The van der Waals surface area contributed by atoms with E-state index in [4.69, 9.17) is 5.11 Å². The normalized spacial score (nSPS) is 10.3. The number of carbonyl (C=O) groups is 1. The van der Waals surface area contributed by atoms with Crippen molar-refractivity contribution in [1.29, 1.82) is 0 Å². The van der Waals surface area contributed by atoms with Crippen LogP contribution in [0.3, 0.4) is 0 Å². The fourth-order valence-electron chi connectivity index (χ4n) is 1.17. The first kappa shape index (κ1) is 8.96. The van der Waals surface area contributed by atoms with Crippen molar-refractivity contribution in [3.63, 3.8) is 0 Å². The van der Waals surface area contributed by atoms with E-state index in [0.29, 0.717) is 5.69 Å². The molecule has 2 aromatic rings. The van der Waals surface area contributed by atoms with Gasteiger partial charge >= 0.3 is 5.97 Å². The molecule has 0 spiro atoms. The number of hydrogen-bond acceptors (Lipinski definition) is 3. The average Bonchev–Trinajstić information content (AvgIpc) is 2.69. The molecule has 14 heavy (non-hydrogen) atoms. The summed E-state index contributed by atoms with van der Waals surface area (Å²) in [6.07, 6.45) is -0.0155. The van der Waals surface area contributed by atoms with Gasteiger partial charge in [0.25, 0.3) is 0 Å². The van der Waals surface area contributed by atoms with Crippen molar-refractivity contribution in [2.45, 2.75) is 6.42 Å². The molecule has 0 saturated carbocycles. The number of aromatic amines is 1. The van der Waals surface area contributed by atoms with Gasteiger partial charge < -0.3 is 5.11 Å². The van der Waals surface area contributed by atoms with Crippen LogP contribution in [0, 0.1) is 0 Å². The van der Waals surface area contributed by atoms with Crippen LogP contribution in [0.5, 0.6) is 0 Å². The minimum Gasteiger partial charge on any atom is -0.481 e. The molecule has 2 rings (SSSR count). The van der Waals surface area contributed by atoms with Crippen LogP contribution in [-0.2, 0) is 11.2 Å². The molecule has 2 aromatic heterocycles. The van der Waals surface area contributed by atoms with Crippen molar-refractivity contribution in [1.82, 2.24) is 10.2 Å². The van der Waals surface area contributed by atoms with Gasteiger partial charge in [0.15, 0.2) is 0 Å². The van der Waals surface area contributed by atoms with Crippen molar-refractivity contribution in [3.05, 3.63) is 29.3 Å². The summed E-state index contributed by atoms with van der Waals surface area (Å²) in [5.74, 6) is -0.855. The summed E-state index contributed by atoms with van der Waals surface area (Å²) >= 11 is 1.58. The number of carboxylic acids is 1. The molecule has 0 unspecified atom stereocenters. The highest BCUT2D eigenvalue weighted by molar-refractivity contribution is 7.13. The molecule has 0 aromatic carbocycles. The molecular weight excluding hydrogens is 200 g/mol.